The summed E-state index contributed by atoms with van der Waals surface area (Å²) in [6.07, 6.45) is 0. The zero-order valence-corrected chi connectivity index (χ0v) is 12.8. The molecule has 0 fully saturated rings. The van der Waals surface area contributed by atoms with Gasteiger partial charge in [0.15, 0.2) is 0 Å². The van der Waals surface area contributed by atoms with Gasteiger partial charge in [-0.2, -0.15) is 4.31 Å². The number of hydrogen-bond donors (Lipinski definition) is 0. The average molecular weight is 309 g/mol. The molecule has 19 heavy (non-hydrogen) atoms. The number of likely N-dealkylation sites (N-methyl/N-ethyl adjacent to an activating group) is 2. The van der Waals surface area contributed by atoms with E-state index in [1.807, 2.05) is 19.0 Å². The van der Waals surface area contributed by atoms with Crippen molar-refractivity contribution in [2.75, 3.05) is 34.2 Å². The van der Waals surface area contributed by atoms with Gasteiger partial charge in [-0.05, 0) is 32.3 Å². The molecule has 0 atom stereocenters. The SMILES string of the molecule is CN(C)CCN(C)S(=O)(=O)c1ccc(F)c(CCl)c1. The van der Waals surface area contributed by atoms with Gasteiger partial charge >= 0.3 is 0 Å². The van der Waals surface area contributed by atoms with Crippen LogP contribution in [0.3, 0.4) is 0 Å². The molecule has 0 spiro atoms. The monoisotopic (exact) mass is 308 g/mol. The maximum absolute atomic E-state index is 13.3. The van der Waals surface area contributed by atoms with Gasteiger partial charge in [0.05, 0.1) is 10.8 Å². The van der Waals surface area contributed by atoms with Gasteiger partial charge in [-0.1, -0.05) is 0 Å². The fourth-order valence-corrected chi connectivity index (χ4v) is 2.87. The van der Waals surface area contributed by atoms with Crippen molar-refractivity contribution in [2.45, 2.75) is 10.8 Å². The first kappa shape index (κ1) is 16.4. The van der Waals surface area contributed by atoms with Gasteiger partial charge in [-0.25, -0.2) is 12.8 Å². The highest BCUT2D eigenvalue weighted by Crippen LogP contribution is 2.19. The lowest BCUT2D eigenvalue weighted by molar-refractivity contribution is 0.358. The third kappa shape index (κ3) is 4.14. The van der Waals surface area contributed by atoms with Crippen molar-refractivity contribution >= 4 is 21.6 Å². The summed E-state index contributed by atoms with van der Waals surface area (Å²) in [7, 11) is 1.63. The number of hydrogen-bond acceptors (Lipinski definition) is 3. The van der Waals surface area contributed by atoms with Gasteiger partial charge in [0.2, 0.25) is 10.0 Å². The molecular formula is C12H18ClFN2O2S. The number of rotatable bonds is 6. The van der Waals surface area contributed by atoms with Crippen LogP contribution in [0.4, 0.5) is 4.39 Å². The number of sulfonamides is 1. The normalized spacial score (nSPS) is 12.4. The second-order valence-electron chi connectivity index (χ2n) is 4.52. The summed E-state index contributed by atoms with van der Waals surface area (Å²) >= 11 is 5.58. The number of alkyl halides is 1. The van der Waals surface area contributed by atoms with E-state index >= 15 is 0 Å². The lowest BCUT2D eigenvalue weighted by Crippen LogP contribution is -2.33. The molecule has 0 N–H and O–H groups in total. The fourth-order valence-electron chi connectivity index (χ4n) is 1.45. The van der Waals surface area contributed by atoms with Gasteiger partial charge in [0, 0.05) is 25.7 Å². The standard InChI is InChI=1S/C12H18ClFN2O2S/c1-15(2)6-7-16(3)19(17,18)11-4-5-12(14)10(8-11)9-13/h4-5,8H,6-7,9H2,1-3H3. The zero-order valence-electron chi connectivity index (χ0n) is 11.2. The largest absolute Gasteiger partial charge is 0.308 e. The highest BCUT2D eigenvalue weighted by molar-refractivity contribution is 7.89. The summed E-state index contributed by atoms with van der Waals surface area (Å²) in [5.41, 5.74) is 0.184. The molecule has 0 aromatic heterocycles. The lowest BCUT2D eigenvalue weighted by Gasteiger charge is -2.19. The van der Waals surface area contributed by atoms with E-state index in [0.29, 0.717) is 13.1 Å². The average Bonchev–Trinajstić information content (AvgIpc) is 2.35. The van der Waals surface area contributed by atoms with Crippen LogP contribution in [-0.2, 0) is 15.9 Å². The number of nitrogens with zero attached hydrogens (tertiary/aromatic N) is 2. The van der Waals surface area contributed by atoms with E-state index in [-0.39, 0.29) is 16.3 Å². The minimum Gasteiger partial charge on any atom is -0.308 e. The number of halogens is 2. The summed E-state index contributed by atoms with van der Waals surface area (Å²) in [5, 5.41) is 0. The summed E-state index contributed by atoms with van der Waals surface area (Å²) in [5.74, 6) is -0.554. The van der Waals surface area contributed by atoms with Crippen molar-refractivity contribution in [3.8, 4) is 0 Å². The lowest BCUT2D eigenvalue weighted by atomic mass is 10.2. The molecule has 108 valence electrons. The summed E-state index contributed by atoms with van der Waals surface area (Å²) in [6, 6.07) is 3.67. The summed E-state index contributed by atoms with van der Waals surface area (Å²) in [6.45, 7) is 0.974. The molecule has 0 bridgehead atoms. The Bertz CT molecular complexity index is 535. The van der Waals surface area contributed by atoms with Crippen LogP contribution in [0.25, 0.3) is 0 Å². The number of benzene rings is 1. The van der Waals surface area contributed by atoms with Crippen molar-refractivity contribution in [3.63, 3.8) is 0 Å². The first-order chi connectivity index (χ1) is 8.78. The summed E-state index contributed by atoms with van der Waals surface area (Å²) in [4.78, 5) is 1.95. The molecule has 0 heterocycles. The van der Waals surface area contributed by atoms with Gasteiger partial charge in [-0.15, -0.1) is 11.6 Å². The highest BCUT2D eigenvalue weighted by atomic mass is 35.5. The van der Waals surface area contributed by atoms with Crippen molar-refractivity contribution in [2.24, 2.45) is 0 Å². The van der Waals surface area contributed by atoms with E-state index < -0.39 is 15.8 Å². The second kappa shape index (κ2) is 6.65. The Kier molecular flexibility index (Phi) is 5.73. The smallest absolute Gasteiger partial charge is 0.242 e. The Morgan fingerprint density at radius 1 is 1.21 bits per heavy atom. The van der Waals surface area contributed by atoms with Crippen LogP contribution in [0.15, 0.2) is 23.1 Å². The Morgan fingerprint density at radius 2 is 1.84 bits per heavy atom. The van der Waals surface area contributed by atoms with Crippen LogP contribution < -0.4 is 0 Å². The van der Waals surface area contributed by atoms with Crippen LogP contribution in [0.5, 0.6) is 0 Å². The molecule has 4 nitrogen and oxygen atoms in total. The maximum Gasteiger partial charge on any atom is 0.242 e. The molecule has 0 saturated carbocycles. The van der Waals surface area contributed by atoms with E-state index in [4.69, 9.17) is 11.6 Å². The molecule has 0 saturated heterocycles. The van der Waals surface area contributed by atoms with Crippen LogP contribution in [-0.4, -0.2) is 51.9 Å². The first-order valence-corrected chi connectivity index (χ1v) is 7.72. The predicted molar refractivity (Wildman–Crippen MR) is 74.3 cm³/mol. The van der Waals surface area contributed by atoms with Gasteiger partial charge in [0.25, 0.3) is 0 Å². The van der Waals surface area contributed by atoms with Crippen molar-refractivity contribution in [1.82, 2.24) is 9.21 Å². The van der Waals surface area contributed by atoms with Crippen molar-refractivity contribution in [1.29, 1.82) is 0 Å². The third-order valence-corrected chi connectivity index (χ3v) is 4.87. The molecule has 1 rings (SSSR count). The second-order valence-corrected chi connectivity index (χ2v) is 6.83. The van der Waals surface area contributed by atoms with Crippen LogP contribution in [0, 0.1) is 5.82 Å². The van der Waals surface area contributed by atoms with E-state index in [9.17, 15) is 12.8 Å². The van der Waals surface area contributed by atoms with Crippen molar-refractivity contribution in [3.05, 3.63) is 29.6 Å². The van der Waals surface area contributed by atoms with E-state index in [1.165, 1.54) is 23.5 Å². The Balaban J connectivity index is 2.99. The Morgan fingerprint density at radius 3 is 2.37 bits per heavy atom. The maximum atomic E-state index is 13.3. The topological polar surface area (TPSA) is 40.6 Å². The molecule has 0 aliphatic heterocycles. The van der Waals surface area contributed by atoms with Crippen LogP contribution in [0.2, 0.25) is 0 Å². The van der Waals surface area contributed by atoms with Gasteiger partial charge in [0.1, 0.15) is 5.82 Å². The van der Waals surface area contributed by atoms with Crippen molar-refractivity contribution < 1.29 is 12.8 Å². The van der Waals surface area contributed by atoms with E-state index in [2.05, 4.69) is 0 Å². The molecule has 0 unspecified atom stereocenters. The first-order valence-electron chi connectivity index (χ1n) is 5.74. The van der Waals surface area contributed by atoms with E-state index in [1.54, 1.807) is 0 Å². The minimum atomic E-state index is -3.60. The Hall–Kier alpha value is -0.690. The molecule has 1 aromatic rings. The van der Waals surface area contributed by atoms with Crippen LogP contribution >= 0.6 is 11.6 Å². The fraction of sp³-hybridized carbons (Fsp3) is 0.500. The molecule has 0 aliphatic rings. The molecule has 7 heteroatoms. The minimum absolute atomic E-state index is 0.0589. The van der Waals surface area contributed by atoms with Crippen LogP contribution in [0.1, 0.15) is 5.56 Å². The molecule has 0 aliphatic carbocycles. The molecule has 1 aromatic carbocycles. The zero-order chi connectivity index (χ0) is 14.6. The van der Waals surface area contributed by atoms with Gasteiger partial charge < -0.3 is 4.90 Å². The quantitative estimate of drug-likeness (QED) is 0.752. The van der Waals surface area contributed by atoms with E-state index in [0.717, 1.165) is 6.07 Å². The molecular weight excluding hydrogens is 291 g/mol. The molecule has 0 amide bonds. The Labute approximate surface area is 118 Å². The summed E-state index contributed by atoms with van der Waals surface area (Å²) < 4.78 is 39.1. The third-order valence-electron chi connectivity index (χ3n) is 2.73. The van der Waals surface area contributed by atoms with Gasteiger partial charge in [-0.3, -0.25) is 0 Å². The highest BCUT2D eigenvalue weighted by Gasteiger charge is 2.21. The molecule has 0 radical (unpaired) electrons. The predicted octanol–water partition coefficient (Wildman–Crippen LogP) is 1.75.